The Morgan fingerprint density at radius 3 is 2.48 bits per heavy atom. The molecule has 0 heterocycles. The third-order valence-corrected chi connectivity index (χ3v) is 5.37. The van der Waals surface area contributed by atoms with E-state index in [9.17, 15) is 0 Å². The first kappa shape index (κ1) is 16.8. The molecule has 0 aromatic heterocycles. The minimum Gasteiger partial charge on any atom is -0.310 e. The molecule has 118 valence electrons. The lowest BCUT2D eigenvalue weighted by atomic mass is 9.72. The van der Waals surface area contributed by atoms with Crippen molar-refractivity contribution in [1.82, 2.24) is 5.32 Å². The van der Waals surface area contributed by atoms with Crippen molar-refractivity contribution < 1.29 is 0 Å². The quantitative estimate of drug-likeness (QED) is 0.729. The van der Waals surface area contributed by atoms with Crippen molar-refractivity contribution in [3.05, 3.63) is 34.3 Å². The maximum Gasteiger partial charge on any atom is 0.0483 e. The van der Waals surface area contributed by atoms with Gasteiger partial charge in [-0.05, 0) is 68.0 Å². The summed E-state index contributed by atoms with van der Waals surface area (Å²) in [4.78, 5) is 0. The first-order chi connectivity index (χ1) is 10.0. The van der Waals surface area contributed by atoms with Gasteiger partial charge in [0.15, 0.2) is 0 Å². The third kappa shape index (κ3) is 4.23. The maximum atomic E-state index is 6.62. The fraction of sp³-hybridized carbons (Fsp3) is 0.684. The zero-order valence-electron chi connectivity index (χ0n) is 14.0. The lowest BCUT2D eigenvalue weighted by Gasteiger charge is -2.37. The summed E-state index contributed by atoms with van der Waals surface area (Å²) in [6.45, 7) is 10.2. The van der Waals surface area contributed by atoms with Crippen molar-refractivity contribution in [1.29, 1.82) is 0 Å². The first-order valence-electron chi connectivity index (χ1n) is 8.51. The van der Waals surface area contributed by atoms with Crippen molar-refractivity contribution in [2.45, 2.75) is 59.4 Å². The normalized spacial score (nSPS) is 27.6. The Kier molecular flexibility index (Phi) is 6.13. The van der Waals surface area contributed by atoms with Crippen LogP contribution in [0.25, 0.3) is 0 Å². The molecule has 1 fully saturated rings. The van der Waals surface area contributed by atoms with Crippen LogP contribution in [0.3, 0.4) is 0 Å². The van der Waals surface area contributed by atoms with E-state index in [0.29, 0.717) is 12.0 Å². The molecule has 1 saturated carbocycles. The highest BCUT2D eigenvalue weighted by Crippen LogP contribution is 2.41. The molecule has 3 unspecified atom stereocenters. The number of halogens is 1. The topological polar surface area (TPSA) is 12.0 Å². The Bertz CT molecular complexity index is 447. The molecule has 3 atom stereocenters. The predicted octanol–water partition coefficient (Wildman–Crippen LogP) is 5.76. The number of benzene rings is 1. The van der Waals surface area contributed by atoms with Gasteiger partial charge in [-0.15, -0.1) is 0 Å². The van der Waals surface area contributed by atoms with Gasteiger partial charge in [-0.1, -0.05) is 50.6 Å². The lowest BCUT2D eigenvalue weighted by Crippen LogP contribution is -2.34. The summed E-state index contributed by atoms with van der Waals surface area (Å²) >= 11 is 6.62. The van der Waals surface area contributed by atoms with Crippen LogP contribution in [0.4, 0.5) is 0 Å². The Morgan fingerprint density at radius 1 is 1.19 bits per heavy atom. The third-order valence-electron chi connectivity index (χ3n) is 4.86. The standard InChI is InChI=1S/C19H30ClN/c1-5-9-21-19(16-11-13(2)10-14(3)12-16)17-8-6-7-15(4)18(17)20/h6-8,13-14,16,19,21H,5,9-12H2,1-4H3. The number of rotatable bonds is 5. The van der Waals surface area contributed by atoms with Crippen molar-refractivity contribution in [3.8, 4) is 0 Å². The zero-order valence-corrected chi connectivity index (χ0v) is 14.7. The SMILES string of the molecule is CCCNC(c1cccc(C)c1Cl)C1CC(C)CC(C)C1. The van der Waals surface area contributed by atoms with Gasteiger partial charge in [0.2, 0.25) is 0 Å². The highest BCUT2D eigenvalue weighted by molar-refractivity contribution is 6.32. The van der Waals surface area contributed by atoms with Crippen LogP contribution in [0.15, 0.2) is 18.2 Å². The average Bonchev–Trinajstić information content (AvgIpc) is 2.42. The van der Waals surface area contributed by atoms with Gasteiger partial charge in [0.1, 0.15) is 0 Å². The van der Waals surface area contributed by atoms with Gasteiger partial charge < -0.3 is 5.32 Å². The van der Waals surface area contributed by atoms with E-state index >= 15 is 0 Å². The van der Waals surface area contributed by atoms with Crippen LogP contribution in [0.5, 0.6) is 0 Å². The number of aryl methyl sites for hydroxylation is 1. The number of hydrogen-bond acceptors (Lipinski definition) is 1. The molecule has 2 rings (SSSR count). The van der Waals surface area contributed by atoms with Crippen molar-refractivity contribution in [3.63, 3.8) is 0 Å². The maximum absolute atomic E-state index is 6.62. The van der Waals surface area contributed by atoms with Crippen LogP contribution in [0, 0.1) is 24.7 Å². The molecular formula is C19H30ClN. The van der Waals surface area contributed by atoms with Crippen LogP contribution in [0.2, 0.25) is 5.02 Å². The summed E-state index contributed by atoms with van der Waals surface area (Å²) in [6.07, 6.45) is 5.17. The minimum atomic E-state index is 0.405. The Balaban J connectivity index is 2.27. The van der Waals surface area contributed by atoms with Gasteiger partial charge in [0.25, 0.3) is 0 Å². The smallest absolute Gasteiger partial charge is 0.0483 e. The molecule has 0 saturated heterocycles. The summed E-state index contributed by atoms with van der Waals surface area (Å²) < 4.78 is 0. The van der Waals surface area contributed by atoms with Gasteiger partial charge in [-0.25, -0.2) is 0 Å². The largest absolute Gasteiger partial charge is 0.310 e. The second kappa shape index (κ2) is 7.65. The lowest BCUT2D eigenvalue weighted by molar-refractivity contribution is 0.176. The molecule has 1 nitrogen and oxygen atoms in total. The van der Waals surface area contributed by atoms with E-state index in [2.05, 4.69) is 51.2 Å². The fourth-order valence-corrected chi connectivity index (χ4v) is 4.27. The van der Waals surface area contributed by atoms with Gasteiger partial charge in [0, 0.05) is 11.1 Å². The molecule has 0 spiro atoms. The minimum absolute atomic E-state index is 0.405. The van der Waals surface area contributed by atoms with E-state index < -0.39 is 0 Å². The number of hydrogen-bond donors (Lipinski definition) is 1. The van der Waals surface area contributed by atoms with Gasteiger partial charge in [-0.3, -0.25) is 0 Å². The van der Waals surface area contributed by atoms with Crippen LogP contribution in [0.1, 0.15) is 63.6 Å². The molecule has 1 aromatic rings. The number of nitrogens with one attached hydrogen (secondary N) is 1. The highest BCUT2D eigenvalue weighted by Gasteiger charge is 2.31. The summed E-state index contributed by atoms with van der Waals surface area (Å²) in [7, 11) is 0. The highest BCUT2D eigenvalue weighted by atomic mass is 35.5. The summed E-state index contributed by atoms with van der Waals surface area (Å²) in [5.41, 5.74) is 2.49. The molecule has 1 aromatic carbocycles. The van der Waals surface area contributed by atoms with Crippen LogP contribution in [-0.4, -0.2) is 6.54 Å². The van der Waals surface area contributed by atoms with E-state index in [4.69, 9.17) is 11.6 Å². The van der Waals surface area contributed by atoms with Crippen LogP contribution < -0.4 is 5.32 Å². The summed E-state index contributed by atoms with van der Waals surface area (Å²) in [5.74, 6) is 2.36. The first-order valence-corrected chi connectivity index (χ1v) is 8.89. The molecule has 0 bridgehead atoms. The van der Waals surface area contributed by atoms with Crippen molar-refractivity contribution in [2.75, 3.05) is 6.54 Å². The molecule has 0 aliphatic heterocycles. The van der Waals surface area contributed by atoms with Crippen LogP contribution >= 0.6 is 11.6 Å². The summed E-state index contributed by atoms with van der Waals surface area (Å²) in [5, 5.41) is 4.74. The molecule has 1 aliphatic carbocycles. The summed E-state index contributed by atoms with van der Waals surface area (Å²) in [6, 6.07) is 6.87. The van der Waals surface area contributed by atoms with Gasteiger partial charge in [0.05, 0.1) is 0 Å². The molecule has 21 heavy (non-hydrogen) atoms. The second-order valence-electron chi connectivity index (χ2n) is 7.09. The zero-order chi connectivity index (χ0) is 15.4. The predicted molar refractivity (Wildman–Crippen MR) is 92.9 cm³/mol. The molecular weight excluding hydrogens is 278 g/mol. The van der Waals surface area contributed by atoms with E-state index in [-0.39, 0.29) is 0 Å². The molecule has 1 N–H and O–H groups in total. The van der Waals surface area contributed by atoms with Gasteiger partial charge >= 0.3 is 0 Å². The fourth-order valence-electron chi connectivity index (χ4n) is 4.02. The van der Waals surface area contributed by atoms with Crippen molar-refractivity contribution >= 4 is 11.6 Å². The van der Waals surface area contributed by atoms with Gasteiger partial charge in [-0.2, -0.15) is 0 Å². The van der Waals surface area contributed by atoms with E-state index in [0.717, 1.165) is 29.8 Å². The molecule has 0 radical (unpaired) electrons. The van der Waals surface area contributed by atoms with E-state index in [1.54, 1.807) is 0 Å². The Morgan fingerprint density at radius 2 is 1.86 bits per heavy atom. The Hall–Kier alpha value is -0.530. The van der Waals surface area contributed by atoms with Crippen LogP contribution in [-0.2, 0) is 0 Å². The van der Waals surface area contributed by atoms with E-state index in [1.165, 1.54) is 30.4 Å². The molecule has 0 amide bonds. The van der Waals surface area contributed by atoms with E-state index in [1.807, 2.05) is 0 Å². The average molecular weight is 308 g/mol. The molecule has 2 heteroatoms. The van der Waals surface area contributed by atoms with Crippen molar-refractivity contribution in [2.24, 2.45) is 17.8 Å². The monoisotopic (exact) mass is 307 g/mol. The molecule has 1 aliphatic rings. The Labute approximate surface area is 135 Å². The second-order valence-corrected chi connectivity index (χ2v) is 7.47.